The number of carbonyl (C=O) groups excluding carboxylic acids is 1. The van der Waals surface area contributed by atoms with Crippen LogP contribution in [0.3, 0.4) is 0 Å². The summed E-state index contributed by atoms with van der Waals surface area (Å²) in [7, 11) is 1.92. The molecule has 1 aliphatic carbocycles. The van der Waals surface area contributed by atoms with Crippen LogP contribution in [0.2, 0.25) is 0 Å². The minimum absolute atomic E-state index is 0.0760. The van der Waals surface area contributed by atoms with E-state index in [1.807, 2.05) is 19.2 Å². The van der Waals surface area contributed by atoms with Crippen LogP contribution in [-0.4, -0.2) is 19.0 Å². The van der Waals surface area contributed by atoms with Crippen molar-refractivity contribution in [2.75, 3.05) is 12.4 Å². The van der Waals surface area contributed by atoms with Crippen LogP contribution < -0.4 is 16.4 Å². The molecule has 4 nitrogen and oxygen atoms in total. The van der Waals surface area contributed by atoms with Crippen molar-refractivity contribution in [3.8, 4) is 0 Å². The average molecular weight is 233 g/mol. The molecule has 1 aromatic carbocycles. The molecule has 0 saturated heterocycles. The van der Waals surface area contributed by atoms with E-state index in [2.05, 4.69) is 22.8 Å². The van der Waals surface area contributed by atoms with E-state index in [0.29, 0.717) is 6.04 Å². The van der Waals surface area contributed by atoms with E-state index < -0.39 is 0 Å². The fraction of sp³-hybridized carbons (Fsp3) is 0.462. The summed E-state index contributed by atoms with van der Waals surface area (Å²) in [6, 6.07) is 8.64. The normalized spacial score (nSPS) is 22.9. The van der Waals surface area contributed by atoms with Crippen LogP contribution in [0, 0.1) is 5.92 Å². The number of carbonyl (C=O) groups is 1. The van der Waals surface area contributed by atoms with Gasteiger partial charge in [-0.1, -0.05) is 18.2 Å². The first-order valence-corrected chi connectivity index (χ1v) is 5.99. The van der Waals surface area contributed by atoms with Crippen molar-refractivity contribution < 1.29 is 4.79 Å². The molecule has 1 aliphatic rings. The van der Waals surface area contributed by atoms with Gasteiger partial charge >= 0.3 is 0 Å². The highest BCUT2D eigenvalue weighted by molar-refractivity contribution is 5.77. The second kappa shape index (κ2) is 5.19. The lowest BCUT2D eigenvalue weighted by Gasteiger charge is -2.34. The zero-order valence-corrected chi connectivity index (χ0v) is 10.1. The van der Waals surface area contributed by atoms with Crippen LogP contribution >= 0.6 is 0 Å². The Morgan fingerprint density at radius 3 is 2.76 bits per heavy atom. The molecule has 4 heteroatoms. The third kappa shape index (κ3) is 2.77. The monoisotopic (exact) mass is 233 g/mol. The average Bonchev–Trinajstić information content (AvgIpc) is 2.27. The number of rotatable bonds is 5. The van der Waals surface area contributed by atoms with E-state index in [1.165, 1.54) is 5.56 Å². The fourth-order valence-corrected chi connectivity index (χ4v) is 2.19. The second-order valence-electron chi connectivity index (χ2n) is 4.56. The molecule has 0 unspecified atom stereocenters. The van der Waals surface area contributed by atoms with Crippen molar-refractivity contribution in [2.24, 2.45) is 11.7 Å². The molecule has 1 saturated carbocycles. The molecular formula is C13H19N3O. The van der Waals surface area contributed by atoms with Gasteiger partial charge in [-0.3, -0.25) is 4.79 Å². The zero-order valence-electron chi connectivity index (χ0n) is 10.1. The molecular weight excluding hydrogens is 214 g/mol. The van der Waals surface area contributed by atoms with E-state index in [-0.39, 0.29) is 11.8 Å². The second-order valence-corrected chi connectivity index (χ2v) is 4.56. The van der Waals surface area contributed by atoms with Gasteiger partial charge in [-0.2, -0.15) is 0 Å². The minimum atomic E-state index is -0.168. The summed E-state index contributed by atoms with van der Waals surface area (Å²) in [6.45, 7) is 0.827. The van der Waals surface area contributed by atoms with Gasteiger partial charge in [-0.25, -0.2) is 0 Å². The maximum atomic E-state index is 10.9. The number of anilines is 1. The van der Waals surface area contributed by atoms with Crippen LogP contribution in [-0.2, 0) is 11.3 Å². The van der Waals surface area contributed by atoms with Crippen molar-refractivity contribution in [1.29, 1.82) is 0 Å². The predicted molar refractivity (Wildman–Crippen MR) is 68.5 cm³/mol. The third-order valence-corrected chi connectivity index (χ3v) is 3.41. The van der Waals surface area contributed by atoms with Crippen LogP contribution in [0.4, 0.5) is 5.69 Å². The molecule has 1 aromatic rings. The molecule has 17 heavy (non-hydrogen) atoms. The molecule has 92 valence electrons. The van der Waals surface area contributed by atoms with Crippen LogP contribution in [0.15, 0.2) is 24.3 Å². The third-order valence-electron chi connectivity index (χ3n) is 3.41. The largest absolute Gasteiger partial charge is 0.388 e. The van der Waals surface area contributed by atoms with Gasteiger partial charge in [0.2, 0.25) is 5.91 Å². The smallest absolute Gasteiger partial charge is 0.220 e. The molecule has 0 atom stereocenters. The number of hydrogen-bond acceptors (Lipinski definition) is 3. The number of benzene rings is 1. The molecule has 0 bridgehead atoms. The topological polar surface area (TPSA) is 67.2 Å². The Kier molecular flexibility index (Phi) is 3.64. The summed E-state index contributed by atoms with van der Waals surface area (Å²) in [5.74, 6) is -0.0919. The number of primary amides is 1. The lowest BCUT2D eigenvalue weighted by Crippen LogP contribution is -2.45. The van der Waals surface area contributed by atoms with Gasteiger partial charge in [-0.05, 0) is 24.5 Å². The highest BCUT2D eigenvalue weighted by Gasteiger charge is 2.32. The summed E-state index contributed by atoms with van der Waals surface area (Å²) >= 11 is 0. The summed E-state index contributed by atoms with van der Waals surface area (Å²) in [5, 5.41) is 6.62. The Morgan fingerprint density at radius 2 is 2.12 bits per heavy atom. The van der Waals surface area contributed by atoms with Gasteiger partial charge < -0.3 is 16.4 Å². The maximum absolute atomic E-state index is 10.9. The number of nitrogens with two attached hydrogens (primary N) is 1. The van der Waals surface area contributed by atoms with E-state index in [0.717, 1.165) is 25.1 Å². The summed E-state index contributed by atoms with van der Waals surface area (Å²) in [6.07, 6.45) is 1.74. The number of para-hydroxylation sites is 1. The molecule has 2 rings (SSSR count). The summed E-state index contributed by atoms with van der Waals surface area (Å²) in [5.41, 5.74) is 7.63. The zero-order chi connectivity index (χ0) is 12.3. The Hall–Kier alpha value is -1.55. The summed E-state index contributed by atoms with van der Waals surface area (Å²) in [4.78, 5) is 10.9. The maximum Gasteiger partial charge on any atom is 0.220 e. The quantitative estimate of drug-likeness (QED) is 0.713. The molecule has 0 aliphatic heterocycles. The van der Waals surface area contributed by atoms with E-state index in [9.17, 15) is 4.79 Å². The Balaban J connectivity index is 1.81. The van der Waals surface area contributed by atoms with Crippen molar-refractivity contribution in [2.45, 2.75) is 25.4 Å². The van der Waals surface area contributed by atoms with Crippen LogP contribution in [0.5, 0.6) is 0 Å². The molecule has 1 amide bonds. The Bertz CT molecular complexity index is 399. The van der Waals surface area contributed by atoms with Gasteiger partial charge in [-0.15, -0.1) is 0 Å². The molecule has 0 radical (unpaired) electrons. The number of amides is 1. The van der Waals surface area contributed by atoms with Crippen molar-refractivity contribution in [3.05, 3.63) is 29.8 Å². The SMILES string of the molecule is CNc1ccccc1CNC1CC(C(N)=O)C1. The predicted octanol–water partition coefficient (Wildman–Crippen LogP) is 1.08. The first kappa shape index (κ1) is 11.9. The van der Waals surface area contributed by atoms with E-state index in [1.54, 1.807) is 0 Å². The number of hydrogen-bond donors (Lipinski definition) is 3. The van der Waals surface area contributed by atoms with Gasteiger partial charge in [0.05, 0.1) is 0 Å². The first-order valence-electron chi connectivity index (χ1n) is 5.99. The highest BCUT2D eigenvalue weighted by atomic mass is 16.1. The molecule has 0 aromatic heterocycles. The first-order chi connectivity index (χ1) is 8.20. The lowest BCUT2D eigenvalue weighted by molar-refractivity contribution is -0.124. The van der Waals surface area contributed by atoms with Crippen molar-refractivity contribution in [3.63, 3.8) is 0 Å². The minimum Gasteiger partial charge on any atom is -0.388 e. The standard InChI is InChI=1S/C13H19N3O/c1-15-12-5-3-2-4-9(12)8-16-11-6-10(7-11)13(14)17/h2-5,10-11,15-16H,6-8H2,1H3,(H2,14,17). The summed E-state index contributed by atoms with van der Waals surface area (Å²) < 4.78 is 0. The van der Waals surface area contributed by atoms with Crippen molar-refractivity contribution in [1.82, 2.24) is 5.32 Å². The van der Waals surface area contributed by atoms with E-state index >= 15 is 0 Å². The van der Waals surface area contributed by atoms with Gasteiger partial charge in [0, 0.05) is 31.2 Å². The Morgan fingerprint density at radius 1 is 1.41 bits per heavy atom. The van der Waals surface area contributed by atoms with Crippen molar-refractivity contribution >= 4 is 11.6 Å². The number of nitrogens with one attached hydrogen (secondary N) is 2. The fourth-order valence-electron chi connectivity index (χ4n) is 2.19. The molecule has 4 N–H and O–H groups in total. The highest BCUT2D eigenvalue weighted by Crippen LogP contribution is 2.27. The van der Waals surface area contributed by atoms with Gasteiger partial charge in [0.1, 0.15) is 0 Å². The molecule has 1 fully saturated rings. The molecule has 0 heterocycles. The van der Waals surface area contributed by atoms with E-state index in [4.69, 9.17) is 5.73 Å². The van der Waals surface area contributed by atoms with Gasteiger partial charge in [0.25, 0.3) is 0 Å². The van der Waals surface area contributed by atoms with Gasteiger partial charge in [0.15, 0.2) is 0 Å². The van der Waals surface area contributed by atoms with Crippen LogP contribution in [0.1, 0.15) is 18.4 Å². The molecule has 0 spiro atoms. The van der Waals surface area contributed by atoms with Crippen LogP contribution in [0.25, 0.3) is 0 Å². The lowest BCUT2D eigenvalue weighted by atomic mass is 9.80. The Labute approximate surface area is 102 Å².